The molecule has 0 bridgehead atoms. The van der Waals surface area contributed by atoms with Crippen molar-refractivity contribution >= 4 is 43.0 Å². The zero-order chi connectivity index (χ0) is 13.3. The topological polar surface area (TPSA) is 59.1 Å². The Labute approximate surface area is 118 Å². The first-order chi connectivity index (χ1) is 8.40. The lowest BCUT2D eigenvalue weighted by molar-refractivity contribution is 0.603. The van der Waals surface area contributed by atoms with E-state index in [4.69, 9.17) is 0 Å². The van der Waals surface area contributed by atoms with Gasteiger partial charge in [-0.2, -0.15) is 0 Å². The molecular weight excluding hydrogens is 336 g/mol. The van der Waals surface area contributed by atoms with Crippen LogP contribution in [0.2, 0.25) is 0 Å². The van der Waals surface area contributed by atoms with Gasteiger partial charge in [0, 0.05) is 6.20 Å². The fourth-order valence-corrected chi connectivity index (χ4v) is 4.67. The van der Waals surface area contributed by atoms with Crippen molar-refractivity contribution in [2.75, 3.05) is 4.72 Å². The van der Waals surface area contributed by atoms with Crippen LogP contribution in [-0.2, 0) is 10.0 Å². The first-order valence-electron chi connectivity index (χ1n) is 5.09. The largest absolute Gasteiger partial charge is 0.277 e. The number of aryl methyl sites for hydroxylation is 2. The van der Waals surface area contributed by atoms with Crippen molar-refractivity contribution in [2.24, 2.45) is 0 Å². The summed E-state index contributed by atoms with van der Waals surface area (Å²) >= 11 is 4.51. The molecule has 0 amide bonds. The second-order valence-corrected chi connectivity index (χ2v) is 8.10. The van der Waals surface area contributed by atoms with Gasteiger partial charge in [0.25, 0.3) is 10.0 Å². The molecule has 0 spiro atoms. The van der Waals surface area contributed by atoms with Crippen LogP contribution in [-0.4, -0.2) is 13.4 Å². The van der Waals surface area contributed by atoms with Gasteiger partial charge in [0.1, 0.15) is 4.21 Å². The van der Waals surface area contributed by atoms with Crippen LogP contribution in [0, 0.1) is 13.8 Å². The summed E-state index contributed by atoms with van der Waals surface area (Å²) in [5.41, 5.74) is 2.24. The van der Waals surface area contributed by atoms with Gasteiger partial charge in [-0.1, -0.05) is 0 Å². The van der Waals surface area contributed by atoms with Crippen LogP contribution in [0.25, 0.3) is 0 Å². The number of anilines is 1. The van der Waals surface area contributed by atoms with Crippen molar-refractivity contribution in [1.82, 2.24) is 4.98 Å². The molecule has 18 heavy (non-hydrogen) atoms. The molecule has 2 rings (SSSR count). The third-order valence-electron chi connectivity index (χ3n) is 2.38. The number of pyridine rings is 1. The number of sulfonamides is 1. The summed E-state index contributed by atoms with van der Waals surface area (Å²) in [5, 5.41) is 0. The van der Waals surface area contributed by atoms with E-state index >= 15 is 0 Å². The Kier molecular flexibility index (Phi) is 3.74. The van der Waals surface area contributed by atoms with E-state index in [0.717, 1.165) is 14.9 Å². The van der Waals surface area contributed by atoms with E-state index < -0.39 is 10.0 Å². The summed E-state index contributed by atoms with van der Waals surface area (Å²) in [6, 6.07) is 3.40. The Bertz CT molecular complexity index is 661. The minimum absolute atomic E-state index is 0.287. The van der Waals surface area contributed by atoms with Crippen LogP contribution in [0.4, 0.5) is 5.69 Å². The van der Waals surface area contributed by atoms with Crippen molar-refractivity contribution in [3.8, 4) is 0 Å². The molecule has 96 valence electrons. The Morgan fingerprint density at radius 3 is 2.61 bits per heavy atom. The smallest absolute Gasteiger partial charge is 0.271 e. The summed E-state index contributed by atoms with van der Waals surface area (Å²) < 4.78 is 28.0. The van der Waals surface area contributed by atoms with Crippen LogP contribution >= 0.6 is 27.3 Å². The molecule has 0 saturated carbocycles. The number of nitrogens with zero attached hydrogens (tertiary/aromatic N) is 1. The maximum Gasteiger partial charge on any atom is 0.271 e. The fourth-order valence-electron chi connectivity index (χ4n) is 1.33. The van der Waals surface area contributed by atoms with E-state index in [-0.39, 0.29) is 4.21 Å². The summed E-state index contributed by atoms with van der Waals surface area (Å²) in [7, 11) is -3.54. The number of rotatable bonds is 3. The number of thiophene rings is 1. The number of nitrogens with one attached hydrogen (secondary N) is 1. The highest BCUT2D eigenvalue weighted by Crippen LogP contribution is 2.31. The molecule has 0 radical (unpaired) electrons. The lowest BCUT2D eigenvalue weighted by Crippen LogP contribution is -2.12. The van der Waals surface area contributed by atoms with Gasteiger partial charge in [-0.3, -0.25) is 9.71 Å². The zero-order valence-electron chi connectivity index (χ0n) is 9.77. The predicted molar refractivity (Wildman–Crippen MR) is 76.5 cm³/mol. The lowest BCUT2D eigenvalue weighted by atomic mass is 10.3. The Morgan fingerprint density at radius 2 is 2.06 bits per heavy atom. The monoisotopic (exact) mass is 346 g/mol. The molecule has 1 N–H and O–H groups in total. The normalized spacial score (nSPS) is 11.5. The van der Waals surface area contributed by atoms with Crippen molar-refractivity contribution in [3.63, 3.8) is 0 Å². The molecule has 4 nitrogen and oxygen atoms in total. The summed E-state index contributed by atoms with van der Waals surface area (Å²) in [6.45, 7) is 3.68. The molecule has 0 aromatic carbocycles. The molecule has 2 heterocycles. The lowest BCUT2D eigenvalue weighted by Gasteiger charge is -2.07. The Hall–Kier alpha value is -0.920. The highest BCUT2D eigenvalue weighted by atomic mass is 79.9. The van der Waals surface area contributed by atoms with E-state index in [9.17, 15) is 8.42 Å². The highest BCUT2D eigenvalue weighted by molar-refractivity contribution is 9.11. The van der Waals surface area contributed by atoms with Gasteiger partial charge in [0.2, 0.25) is 0 Å². The van der Waals surface area contributed by atoms with Gasteiger partial charge < -0.3 is 0 Å². The van der Waals surface area contributed by atoms with Crippen LogP contribution < -0.4 is 4.72 Å². The molecule has 0 unspecified atom stereocenters. The maximum absolute atomic E-state index is 12.2. The van der Waals surface area contributed by atoms with E-state index in [1.807, 2.05) is 13.8 Å². The molecule has 0 fully saturated rings. The van der Waals surface area contributed by atoms with Gasteiger partial charge in [-0.25, -0.2) is 8.42 Å². The highest BCUT2D eigenvalue weighted by Gasteiger charge is 2.19. The summed E-state index contributed by atoms with van der Waals surface area (Å²) in [5.74, 6) is 0. The molecule has 7 heteroatoms. The molecule has 0 atom stereocenters. The maximum atomic E-state index is 12.2. The van der Waals surface area contributed by atoms with Gasteiger partial charge >= 0.3 is 0 Å². The number of aromatic nitrogens is 1. The number of halogens is 1. The Morgan fingerprint density at radius 1 is 1.33 bits per heavy atom. The molecule has 0 aliphatic rings. The molecule has 0 aliphatic heterocycles. The fraction of sp³-hybridized carbons (Fsp3) is 0.182. The van der Waals surface area contributed by atoms with E-state index in [2.05, 4.69) is 25.6 Å². The zero-order valence-corrected chi connectivity index (χ0v) is 13.0. The average molecular weight is 347 g/mol. The van der Waals surface area contributed by atoms with E-state index in [1.165, 1.54) is 17.5 Å². The van der Waals surface area contributed by atoms with E-state index in [0.29, 0.717) is 5.69 Å². The van der Waals surface area contributed by atoms with Gasteiger partial charge in [0.15, 0.2) is 0 Å². The molecule has 2 aromatic heterocycles. The second-order valence-electron chi connectivity index (χ2n) is 3.82. The third kappa shape index (κ3) is 2.73. The van der Waals surface area contributed by atoms with Crippen LogP contribution in [0.1, 0.15) is 11.1 Å². The quantitative estimate of drug-likeness (QED) is 0.927. The third-order valence-corrected chi connectivity index (χ3v) is 6.36. The predicted octanol–water partition coefficient (Wildman–Crippen LogP) is 3.32. The van der Waals surface area contributed by atoms with Crippen LogP contribution in [0.3, 0.4) is 0 Å². The van der Waals surface area contributed by atoms with E-state index in [1.54, 1.807) is 18.3 Å². The number of hydrogen-bond donors (Lipinski definition) is 1. The first-order valence-corrected chi connectivity index (χ1v) is 8.19. The standard InChI is InChI=1S/C11H11BrN2O2S2/c1-7-3-4-13-6-9(7)14-18(15,16)10-5-8(2)11(12)17-10/h3-6,14H,1-2H3. The number of hydrogen-bond acceptors (Lipinski definition) is 4. The van der Waals surface area contributed by atoms with Crippen molar-refractivity contribution < 1.29 is 8.42 Å². The average Bonchev–Trinajstić information content (AvgIpc) is 2.63. The first kappa shape index (κ1) is 13.5. The molecule has 2 aromatic rings. The molecule has 0 saturated heterocycles. The Balaban J connectivity index is 2.36. The SMILES string of the molecule is Cc1ccncc1NS(=O)(=O)c1cc(C)c(Br)s1. The van der Waals surface area contributed by atoms with Crippen molar-refractivity contribution in [3.05, 3.63) is 39.4 Å². The van der Waals surface area contributed by atoms with Crippen molar-refractivity contribution in [1.29, 1.82) is 0 Å². The molecule has 0 aliphatic carbocycles. The summed E-state index contributed by atoms with van der Waals surface area (Å²) in [4.78, 5) is 3.91. The minimum atomic E-state index is -3.54. The van der Waals surface area contributed by atoms with Crippen LogP contribution in [0.15, 0.2) is 32.5 Å². The molecular formula is C11H11BrN2O2S2. The van der Waals surface area contributed by atoms with Crippen LogP contribution in [0.5, 0.6) is 0 Å². The second kappa shape index (κ2) is 4.99. The van der Waals surface area contributed by atoms with Gasteiger partial charge in [-0.15, -0.1) is 11.3 Å². The minimum Gasteiger partial charge on any atom is -0.277 e. The van der Waals surface area contributed by atoms with Gasteiger partial charge in [0.05, 0.1) is 15.7 Å². The van der Waals surface area contributed by atoms with Gasteiger partial charge in [-0.05, 0) is 53.0 Å². The van der Waals surface area contributed by atoms with Crippen molar-refractivity contribution in [2.45, 2.75) is 18.1 Å². The summed E-state index contributed by atoms with van der Waals surface area (Å²) in [6.07, 6.45) is 3.13.